The summed E-state index contributed by atoms with van der Waals surface area (Å²) in [5.74, 6) is -0.249. The third-order valence-corrected chi connectivity index (χ3v) is 1.53. The van der Waals surface area contributed by atoms with Crippen LogP contribution in [0.3, 0.4) is 0 Å². The highest BCUT2D eigenvalue weighted by atomic mass is 79.9. The van der Waals surface area contributed by atoms with Gasteiger partial charge in [0.15, 0.2) is 0 Å². The molecule has 4 heteroatoms. The maximum absolute atomic E-state index is 10.8. The van der Waals surface area contributed by atoms with E-state index in [4.69, 9.17) is 0 Å². The monoisotopic (exact) mass is 203 g/mol. The Morgan fingerprint density at radius 3 is 2.20 bits per heavy atom. The van der Waals surface area contributed by atoms with E-state index in [0.29, 0.717) is 12.8 Å². The number of imide groups is 1. The number of hydrogen-bond acceptors (Lipinski definition) is 2. The van der Waals surface area contributed by atoms with E-state index in [1.54, 1.807) is 0 Å². The molecule has 0 aromatic rings. The van der Waals surface area contributed by atoms with Gasteiger partial charge in [0.2, 0.25) is 11.8 Å². The van der Waals surface area contributed by atoms with Crippen molar-refractivity contribution in [1.29, 1.82) is 0 Å². The second-order valence-electron chi connectivity index (χ2n) is 1.93. The first-order valence-corrected chi connectivity index (χ1v) is 3.79. The number of likely N-dealkylation sites (tertiary alicyclic amines) is 1. The van der Waals surface area contributed by atoms with Crippen LogP contribution in [0.1, 0.15) is 12.8 Å². The number of rotatable bonds is 1. The molecule has 54 valence electrons. The molecule has 3 nitrogen and oxygen atoms in total. The molecule has 0 N–H and O–H groups in total. The van der Waals surface area contributed by atoms with Crippen LogP contribution in [0.4, 0.5) is 0 Å². The molecule has 1 aliphatic rings. The highest BCUT2D eigenvalue weighted by Gasteiger charge is 2.26. The Labute approximate surface area is 66.8 Å². The highest BCUT2D eigenvalue weighted by Crippen LogP contribution is 2.11. The first-order chi connectivity index (χ1) is 4.75. The van der Waals surface area contributed by atoms with Crippen molar-refractivity contribution in [3.05, 3.63) is 11.2 Å². The summed E-state index contributed by atoms with van der Waals surface area (Å²) < 4.78 is 0. The van der Waals surface area contributed by atoms with Gasteiger partial charge in [0.1, 0.15) is 0 Å². The van der Waals surface area contributed by atoms with Gasteiger partial charge in [-0.25, -0.2) is 0 Å². The van der Waals surface area contributed by atoms with Crippen molar-refractivity contribution >= 4 is 27.7 Å². The Balaban J connectivity index is 2.72. The van der Waals surface area contributed by atoms with E-state index in [1.165, 1.54) is 11.2 Å². The molecule has 0 bridgehead atoms. The quantitative estimate of drug-likeness (QED) is 0.597. The van der Waals surface area contributed by atoms with Crippen LogP contribution in [-0.2, 0) is 9.59 Å². The molecular weight excluding hydrogens is 198 g/mol. The van der Waals surface area contributed by atoms with Gasteiger partial charge in [0, 0.05) is 19.0 Å². The van der Waals surface area contributed by atoms with Crippen LogP contribution in [0.15, 0.2) is 11.2 Å². The maximum Gasteiger partial charge on any atom is 0.233 e. The summed E-state index contributed by atoms with van der Waals surface area (Å²) in [6.07, 6.45) is 2.12. The van der Waals surface area contributed by atoms with Crippen molar-refractivity contribution in [2.24, 2.45) is 0 Å². The molecule has 1 rings (SSSR count). The third kappa shape index (κ3) is 1.26. The van der Waals surface area contributed by atoms with Gasteiger partial charge >= 0.3 is 0 Å². The van der Waals surface area contributed by atoms with Gasteiger partial charge in [-0.2, -0.15) is 0 Å². The Bertz CT molecular complexity index is 184. The fourth-order valence-electron chi connectivity index (χ4n) is 0.816. The average molecular weight is 204 g/mol. The lowest BCUT2D eigenvalue weighted by Crippen LogP contribution is -2.22. The second kappa shape index (κ2) is 2.96. The zero-order chi connectivity index (χ0) is 7.56. The van der Waals surface area contributed by atoms with E-state index >= 15 is 0 Å². The number of amides is 2. The largest absolute Gasteiger partial charge is 0.274 e. The van der Waals surface area contributed by atoms with Crippen molar-refractivity contribution in [2.75, 3.05) is 0 Å². The van der Waals surface area contributed by atoms with Gasteiger partial charge in [0.25, 0.3) is 0 Å². The van der Waals surface area contributed by atoms with Crippen LogP contribution in [0.2, 0.25) is 0 Å². The van der Waals surface area contributed by atoms with Crippen molar-refractivity contribution in [3.8, 4) is 0 Å². The zero-order valence-corrected chi connectivity index (χ0v) is 6.80. The zero-order valence-electron chi connectivity index (χ0n) is 5.21. The predicted octanol–water partition coefficient (Wildman–Crippen LogP) is 1.00. The summed E-state index contributed by atoms with van der Waals surface area (Å²) in [5, 5.41) is 0. The molecule has 10 heavy (non-hydrogen) atoms. The SMILES string of the molecule is O=C1CCC(=O)N1C=CBr. The lowest BCUT2D eigenvalue weighted by atomic mass is 10.4. The number of carbonyl (C=O) groups excluding carboxylic acids is 2. The summed E-state index contributed by atoms with van der Waals surface area (Å²) >= 11 is 2.99. The standard InChI is InChI=1S/C6H6BrNO2/c7-3-4-8-5(9)1-2-6(8)10/h3-4H,1-2H2. The minimum Gasteiger partial charge on any atom is -0.274 e. The van der Waals surface area contributed by atoms with Crippen LogP contribution in [-0.4, -0.2) is 16.7 Å². The Hall–Kier alpha value is -0.640. The maximum atomic E-state index is 10.8. The second-order valence-corrected chi connectivity index (χ2v) is 2.46. The summed E-state index contributed by atoms with van der Waals surface area (Å²) in [6.45, 7) is 0. The topological polar surface area (TPSA) is 37.4 Å². The van der Waals surface area contributed by atoms with Gasteiger partial charge in [-0.15, -0.1) is 0 Å². The third-order valence-electron chi connectivity index (χ3n) is 1.30. The van der Waals surface area contributed by atoms with Crippen molar-refractivity contribution < 1.29 is 9.59 Å². The molecule has 0 saturated carbocycles. The van der Waals surface area contributed by atoms with E-state index in [-0.39, 0.29) is 11.8 Å². The molecule has 1 saturated heterocycles. The number of halogens is 1. The summed E-state index contributed by atoms with van der Waals surface area (Å²) in [5.41, 5.74) is 0. The van der Waals surface area contributed by atoms with Crippen LogP contribution < -0.4 is 0 Å². The molecule has 1 aliphatic heterocycles. The molecule has 2 amide bonds. The normalized spacial score (nSPS) is 19.5. The molecule has 0 aromatic carbocycles. The van der Waals surface area contributed by atoms with Crippen LogP contribution in [0.25, 0.3) is 0 Å². The molecule has 0 aliphatic carbocycles. The molecule has 0 aromatic heterocycles. The van der Waals surface area contributed by atoms with Gasteiger partial charge in [-0.1, -0.05) is 15.9 Å². The number of carbonyl (C=O) groups is 2. The summed E-state index contributed by atoms with van der Waals surface area (Å²) in [6, 6.07) is 0. The van der Waals surface area contributed by atoms with Gasteiger partial charge < -0.3 is 0 Å². The smallest absolute Gasteiger partial charge is 0.233 e. The fourth-order valence-corrected chi connectivity index (χ4v) is 1.05. The highest BCUT2D eigenvalue weighted by molar-refractivity contribution is 9.11. The van der Waals surface area contributed by atoms with E-state index in [2.05, 4.69) is 15.9 Å². The van der Waals surface area contributed by atoms with E-state index in [1.807, 2.05) is 0 Å². The minimum atomic E-state index is -0.124. The van der Waals surface area contributed by atoms with E-state index < -0.39 is 0 Å². The molecule has 0 atom stereocenters. The molecular formula is C6H6BrNO2. The van der Waals surface area contributed by atoms with Crippen molar-refractivity contribution in [1.82, 2.24) is 4.90 Å². The van der Waals surface area contributed by atoms with Crippen molar-refractivity contribution in [3.63, 3.8) is 0 Å². The summed E-state index contributed by atoms with van der Waals surface area (Å²) in [4.78, 5) is 24.2. The van der Waals surface area contributed by atoms with Crippen LogP contribution in [0.5, 0.6) is 0 Å². The predicted molar refractivity (Wildman–Crippen MR) is 39.2 cm³/mol. The van der Waals surface area contributed by atoms with Gasteiger partial charge in [-0.05, 0) is 4.99 Å². The molecule has 0 unspecified atom stereocenters. The molecule has 1 heterocycles. The van der Waals surface area contributed by atoms with Gasteiger partial charge in [0.05, 0.1) is 0 Å². The first-order valence-electron chi connectivity index (χ1n) is 2.87. The summed E-state index contributed by atoms with van der Waals surface area (Å²) in [7, 11) is 0. The first kappa shape index (κ1) is 7.47. The Morgan fingerprint density at radius 2 is 1.80 bits per heavy atom. The van der Waals surface area contributed by atoms with Crippen molar-refractivity contribution in [2.45, 2.75) is 12.8 Å². The van der Waals surface area contributed by atoms with E-state index in [9.17, 15) is 9.59 Å². The lowest BCUT2D eigenvalue weighted by Gasteiger charge is -2.04. The molecule has 0 radical (unpaired) electrons. The van der Waals surface area contributed by atoms with E-state index in [0.717, 1.165) is 4.90 Å². The van der Waals surface area contributed by atoms with Crippen LogP contribution in [0, 0.1) is 0 Å². The number of nitrogens with zero attached hydrogens (tertiary/aromatic N) is 1. The fraction of sp³-hybridized carbons (Fsp3) is 0.333. The molecule has 1 fully saturated rings. The minimum absolute atomic E-state index is 0.124. The van der Waals surface area contributed by atoms with Crippen LogP contribution >= 0.6 is 15.9 Å². The Morgan fingerprint density at radius 1 is 1.30 bits per heavy atom. The molecule has 0 spiro atoms. The number of hydrogen-bond donors (Lipinski definition) is 0. The lowest BCUT2D eigenvalue weighted by molar-refractivity contribution is -0.135. The Kier molecular flexibility index (Phi) is 2.21. The average Bonchev–Trinajstić information content (AvgIpc) is 2.20. The van der Waals surface area contributed by atoms with Gasteiger partial charge in [-0.3, -0.25) is 14.5 Å².